The number of ether oxygens (including phenoxy) is 2. The molecule has 4 aliphatic rings. The lowest BCUT2D eigenvalue weighted by Crippen LogP contribution is -2.32. The predicted molar refractivity (Wildman–Crippen MR) is 132 cm³/mol. The number of fused-ring (bicyclic) bond motifs is 5. The molecule has 1 saturated carbocycles. The maximum absolute atomic E-state index is 13.1. The first kappa shape index (κ1) is 23.8. The number of hydrogen-bond donors (Lipinski definition) is 0. The molecule has 11 heteroatoms. The Morgan fingerprint density at radius 1 is 1.03 bits per heavy atom. The molecule has 3 amide bonds. The molecule has 2 bridgehead atoms. The first-order valence-electron chi connectivity index (χ1n) is 12.3. The quantitative estimate of drug-likeness (QED) is 0.142. The van der Waals surface area contributed by atoms with E-state index in [-0.39, 0.29) is 71.5 Å². The van der Waals surface area contributed by atoms with E-state index < -0.39 is 16.8 Å². The Labute approximate surface area is 216 Å². The van der Waals surface area contributed by atoms with Crippen LogP contribution in [0.15, 0.2) is 54.6 Å². The van der Waals surface area contributed by atoms with E-state index in [9.17, 15) is 29.3 Å². The van der Waals surface area contributed by atoms with Crippen molar-refractivity contribution in [3.8, 4) is 11.5 Å². The molecular formula is C27H23N3O8. The van der Waals surface area contributed by atoms with Crippen LogP contribution in [-0.2, 0) is 19.2 Å². The molecule has 0 radical (unpaired) electrons. The second-order valence-electron chi connectivity index (χ2n) is 9.95. The number of carbonyl (C=O) groups excluding carboxylic acids is 4. The summed E-state index contributed by atoms with van der Waals surface area (Å²) in [6.07, 6.45) is 4.77. The van der Waals surface area contributed by atoms with Crippen LogP contribution >= 0.6 is 0 Å². The fourth-order valence-corrected chi connectivity index (χ4v) is 6.14. The number of non-ortho nitro benzene ring substituents is 1. The second kappa shape index (κ2) is 8.79. The minimum atomic E-state index is -0.790. The number of allylic oxidation sites excluding steroid dienone is 2. The number of esters is 1. The molecule has 0 unspecified atom stereocenters. The van der Waals surface area contributed by atoms with Gasteiger partial charge in [-0.25, -0.2) is 4.90 Å². The maximum Gasteiger partial charge on any atom is 0.316 e. The van der Waals surface area contributed by atoms with Crippen molar-refractivity contribution in [1.82, 2.24) is 0 Å². The summed E-state index contributed by atoms with van der Waals surface area (Å²) < 4.78 is 10.8. The van der Waals surface area contributed by atoms with Gasteiger partial charge in [0.1, 0.15) is 11.5 Å². The molecule has 0 spiro atoms. The van der Waals surface area contributed by atoms with Crippen molar-refractivity contribution in [2.75, 3.05) is 23.5 Å². The van der Waals surface area contributed by atoms with Crippen molar-refractivity contribution < 1.29 is 33.6 Å². The van der Waals surface area contributed by atoms with E-state index >= 15 is 0 Å². The number of hydrogen-bond acceptors (Lipinski definition) is 8. The van der Waals surface area contributed by atoms with Gasteiger partial charge in [0.15, 0.2) is 0 Å². The van der Waals surface area contributed by atoms with Crippen LogP contribution in [0.1, 0.15) is 12.8 Å². The number of anilines is 2. The van der Waals surface area contributed by atoms with E-state index in [0.717, 1.165) is 6.42 Å². The fraction of sp³-hybridized carbons (Fsp3) is 0.333. The van der Waals surface area contributed by atoms with Crippen LogP contribution in [-0.4, -0.2) is 42.3 Å². The Morgan fingerprint density at radius 2 is 1.74 bits per heavy atom. The van der Waals surface area contributed by atoms with Gasteiger partial charge < -0.3 is 14.4 Å². The Morgan fingerprint density at radius 3 is 2.39 bits per heavy atom. The summed E-state index contributed by atoms with van der Waals surface area (Å²) in [5, 5.41) is 11.1. The molecule has 38 heavy (non-hydrogen) atoms. The summed E-state index contributed by atoms with van der Waals surface area (Å²) in [5.41, 5.74) is 0.481. The maximum atomic E-state index is 13.1. The van der Waals surface area contributed by atoms with E-state index in [4.69, 9.17) is 9.47 Å². The Bertz CT molecular complexity index is 1410. The van der Waals surface area contributed by atoms with Crippen molar-refractivity contribution >= 4 is 40.8 Å². The van der Waals surface area contributed by atoms with Crippen LogP contribution in [0.4, 0.5) is 17.1 Å². The highest BCUT2D eigenvalue weighted by molar-refractivity contribution is 6.22. The lowest BCUT2D eigenvalue weighted by Gasteiger charge is -2.19. The van der Waals surface area contributed by atoms with Gasteiger partial charge in [-0.15, -0.1) is 0 Å². The van der Waals surface area contributed by atoms with Crippen LogP contribution in [0, 0.1) is 39.7 Å². The van der Waals surface area contributed by atoms with E-state index in [1.807, 2.05) is 12.2 Å². The summed E-state index contributed by atoms with van der Waals surface area (Å²) in [5.74, 6) is -2.44. The summed E-state index contributed by atoms with van der Waals surface area (Å²) in [6.45, 7) is 0.00770. The SMILES string of the molecule is COc1cc([N+](=O)[O-])ccc1N1C[C@H](C(=O)Oc2cccc(N3C(=O)[C@@H]4[C@@H](C3=O)[C@H]3C=C[C@H]4C3)c2)CC1=O. The number of methoxy groups -OCH3 is 1. The van der Waals surface area contributed by atoms with Crippen LogP contribution in [0.2, 0.25) is 0 Å². The fourth-order valence-electron chi connectivity index (χ4n) is 6.14. The van der Waals surface area contributed by atoms with Gasteiger partial charge in [-0.2, -0.15) is 0 Å². The number of benzene rings is 2. The van der Waals surface area contributed by atoms with Crippen molar-refractivity contribution in [2.24, 2.45) is 29.6 Å². The zero-order chi connectivity index (χ0) is 26.7. The number of carbonyl (C=O) groups is 4. The highest BCUT2D eigenvalue weighted by atomic mass is 16.6. The van der Waals surface area contributed by atoms with E-state index in [1.165, 1.54) is 41.2 Å². The number of imide groups is 1. The average Bonchev–Trinajstić information content (AvgIpc) is 3.67. The zero-order valence-electron chi connectivity index (χ0n) is 20.3. The Kier molecular flexibility index (Phi) is 5.51. The highest BCUT2D eigenvalue weighted by Crippen LogP contribution is 2.53. The number of rotatable bonds is 6. The van der Waals surface area contributed by atoms with Crippen LogP contribution in [0.5, 0.6) is 11.5 Å². The molecule has 2 aromatic carbocycles. The number of amides is 3. The van der Waals surface area contributed by atoms with Crippen LogP contribution in [0.25, 0.3) is 0 Å². The summed E-state index contributed by atoms with van der Waals surface area (Å²) >= 11 is 0. The van der Waals surface area contributed by atoms with Gasteiger partial charge in [-0.3, -0.25) is 29.3 Å². The van der Waals surface area contributed by atoms with Gasteiger partial charge in [0.25, 0.3) is 5.69 Å². The largest absolute Gasteiger partial charge is 0.494 e. The first-order valence-corrected chi connectivity index (χ1v) is 12.3. The topological polar surface area (TPSA) is 136 Å². The van der Waals surface area contributed by atoms with Gasteiger partial charge in [-0.05, 0) is 36.5 Å². The van der Waals surface area contributed by atoms with Gasteiger partial charge in [0.2, 0.25) is 17.7 Å². The molecule has 2 aromatic rings. The molecule has 194 valence electrons. The Balaban J connectivity index is 1.17. The third-order valence-electron chi connectivity index (χ3n) is 7.89. The molecule has 2 saturated heterocycles. The predicted octanol–water partition coefficient (Wildman–Crippen LogP) is 2.87. The van der Waals surface area contributed by atoms with E-state index in [2.05, 4.69) is 0 Å². The monoisotopic (exact) mass is 517 g/mol. The first-order chi connectivity index (χ1) is 18.3. The minimum Gasteiger partial charge on any atom is -0.494 e. The van der Waals surface area contributed by atoms with E-state index in [0.29, 0.717) is 11.4 Å². The van der Waals surface area contributed by atoms with Gasteiger partial charge >= 0.3 is 5.97 Å². The van der Waals surface area contributed by atoms with E-state index in [1.54, 1.807) is 18.2 Å². The third kappa shape index (κ3) is 3.65. The number of nitro groups is 1. The molecule has 3 fully saturated rings. The van der Waals surface area contributed by atoms with Gasteiger partial charge in [0.05, 0.1) is 47.2 Å². The molecule has 11 nitrogen and oxygen atoms in total. The molecular weight excluding hydrogens is 494 g/mol. The lowest BCUT2D eigenvalue weighted by atomic mass is 9.85. The zero-order valence-corrected chi connectivity index (χ0v) is 20.3. The average molecular weight is 517 g/mol. The Hall–Kier alpha value is -4.54. The van der Waals surface area contributed by atoms with Crippen molar-refractivity contribution in [2.45, 2.75) is 12.8 Å². The van der Waals surface area contributed by atoms with Gasteiger partial charge in [0, 0.05) is 25.1 Å². The molecule has 2 aliphatic heterocycles. The second-order valence-corrected chi connectivity index (χ2v) is 9.95. The molecule has 2 heterocycles. The highest BCUT2D eigenvalue weighted by Gasteiger charge is 2.59. The van der Waals surface area contributed by atoms with Crippen LogP contribution < -0.4 is 19.3 Å². The normalized spacial score (nSPS) is 27.3. The number of nitrogens with zero attached hydrogens (tertiary/aromatic N) is 3. The molecule has 2 aliphatic carbocycles. The number of nitro benzene ring substituents is 1. The summed E-state index contributed by atoms with van der Waals surface area (Å²) in [4.78, 5) is 65.0. The standard InChI is InChI=1S/C27H23N3O8/c1-37-21-12-18(30(35)36)7-8-20(21)28-13-16(10-22(28)31)27(34)38-19-4-2-3-17(11-19)29-25(32)23-14-5-6-15(9-14)24(23)26(29)33/h2-8,11-12,14-16,23-24H,9-10,13H2,1H3/t14-,15-,16+,23-,24-/m0/s1. The van der Waals surface area contributed by atoms with Crippen LogP contribution in [0.3, 0.4) is 0 Å². The lowest BCUT2D eigenvalue weighted by molar-refractivity contribution is -0.384. The van der Waals surface area contributed by atoms with Gasteiger partial charge in [-0.1, -0.05) is 18.2 Å². The minimum absolute atomic E-state index is 0.00770. The van der Waals surface area contributed by atoms with Crippen molar-refractivity contribution in [3.63, 3.8) is 0 Å². The smallest absolute Gasteiger partial charge is 0.316 e. The summed E-state index contributed by atoms with van der Waals surface area (Å²) in [7, 11) is 1.34. The molecule has 6 rings (SSSR count). The van der Waals surface area contributed by atoms with Crippen molar-refractivity contribution in [3.05, 3.63) is 64.7 Å². The van der Waals surface area contributed by atoms with Crippen molar-refractivity contribution in [1.29, 1.82) is 0 Å². The molecule has 0 aromatic heterocycles. The molecule has 5 atom stereocenters. The third-order valence-corrected chi connectivity index (χ3v) is 7.89. The summed E-state index contributed by atoms with van der Waals surface area (Å²) in [6, 6.07) is 10.2. The molecule has 0 N–H and O–H groups in total.